The fraction of sp³-hybridized carbons (Fsp3) is 0.364. The minimum absolute atomic E-state index is 0.00142. The van der Waals surface area contributed by atoms with Gasteiger partial charge in [-0.15, -0.1) is 0 Å². The van der Waals surface area contributed by atoms with Gasteiger partial charge >= 0.3 is 5.97 Å². The minimum Gasteiger partial charge on any atom is -0.480 e. The largest absolute Gasteiger partial charge is 0.480 e. The maximum absolute atomic E-state index is 13.6. The van der Waals surface area contributed by atoms with E-state index >= 15 is 0 Å². The zero-order valence-corrected chi connectivity index (χ0v) is 19.8. The molecule has 0 aliphatic carbocycles. The maximum Gasteiger partial charge on any atom is 0.327 e. The molecule has 0 spiro atoms. The molecule has 0 radical (unpaired) electrons. The number of carbonyl (C=O) groups is 2. The van der Waals surface area contributed by atoms with Crippen LogP contribution in [0.1, 0.15) is 37.3 Å². The van der Waals surface area contributed by atoms with Crippen molar-refractivity contribution in [3.63, 3.8) is 0 Å². The first-order valence-corrected chi connectivity index (χ1v) is 12.4. The van der Waals surface area contributed by atoms with Crippen LogP contribution in [0.25, 0.3) is 0 Å². The van der Waals surface area contributed by atoms with Gasteiger partial charge in [-0.1, -0.05) is 67.2 Å². The van der Waals surface area contributed by atoms with Gasteiger partial charge in [0.25, 0.3) is 15.9 Å². The summed E-state index contributed by atoms with van der Waals surface area (Å²) in [5, 5.41) is 13.1. The molecular formula is C22H24Cl2N2O5S. The van der Waals surface area contributed by atoms with E-state index in [0.29, 0.717) is 23.7 Å². The molecular weight excluding hydrogens is 475 g/mol. The van der Waals surface area contributed by atoms with Gasteiger partial charge in [0, 0.05) is 6.54 Å². The van der Waals surface area contributed by atoms with Crippen molar-refractivity contribution in [1.82, 2.24) is 9.62 Å². The van der Waals surface area contributed by atoms with Gasteiger partial charge in [0.2, 0.25) is 0 Å². The Labute approximate surface area is 197 Å². The Morgan fingerprint density at radius 2 is 1.84 bits per heavy atom. The number of sulfonamides is 1. The van der Waals surface area contributed by atoms with Gasteiger partial charge in [0.15, 0.2) is 0 Å². The Morgan fingerprint density at radius 1 is 1.16 bits per heavy atom. The minimum atomic E-state index is -4.52. The molecule has 1 amide bonds. The molecule has 3 rings (SSSR count). The first-order valence-electron chi connectivity index (χ1n) is 10.2. The predicted octanol–water partition coefficient (Wildman–Crippen LogP) is 3.87. The third kappa shape index (κ3) is 5.09. The summed E-state index contributed by atoms with van der Waals surface area (Å²) in [6, 6.07) is 8.75. The van der Waals surface area contributed by atoms with Gasteiger partial charge < -0.3 is 10.4 Å². The van der Waals surface area contributed by atoms with E-state index in [1.807, 2.05) is 31.2 Å². The molecule has 0 fully saturated rings. The SMILES string of the molecule is CCCC[C@@H](C(=O)O)N(C(=O)[C@@H]1Cc2ccccc2CN1)S(=O)(=O)c1ccc(Cl)c(Cl)c1. The fourth-order valence-electron chi connectivity index (χ4n) is 3.71. The highest BCUT2D eigenvalue weighted by Gasteiger charge is 2.42. The second kappa shape index (κ2) is 10.2. The number of halogens is 2. The van der Waals surface area contributed by atoms with Crippen LogP contribution < -0.4 is 5.32 Å². The van der Waals surface area contributed by atoms with Crippen LogP contribution in [0.4, 0.5) is 0 Å². The number of nitrogens with zero attached hydrogens (tertiary/aromatic N) is 1. The van der Waals surface area contributed by atoms with E-state index < -0.39 is 34.0 Å². The van der Waals surface area contributed by atoms with Crippen molar-refractivity contribution in [1.29, 1.82) is 0 Å². The topological polar surface area (TPSA) is 104 Å². The van der Waals surface area contributed by atoms with Crippen molar-refractivity contribution in [2.75, 3.05) is 0 Å². The van der Waals surface area contributed by atoms with E-state index in [0.717, 1.165) is 17.2 Å². The van der Waals surface area contributed by atoms with Crippen LogP contribution >= 0.6 is 23.2 Å². The van der Waals surface area contributed by atoms with Gasteiger partial charge in [0.1, 0.15) is 6.04 Å². The van der Waals surface area contributed by atoms with Gasteiger partial charge in [-0.05, 0) is 42.2 Å². The van der Waals surface area contributed by atoms with Gasteiger partial charge in [-0.3, -0.25) is 4.79 Å². The standard InChI is InChI=1S/C22H24Cl2N2O5S/c1-2-3-8-20(22(28)29)26(32(30,31)16-9-10-17(23)18(24)12-16)21(27)19-11-14-6-4-5-7-15(14)13-25-19/h4-7,9-10,12,19-20,25H,2-3,8,11,13H2,1H3,(H,28,29)/t19-,20-/m0/s1. The molecule has 1 heterocycles. The number of fused-ring (bicyclic) bond motifs is 1. The summed E-state index contributed by atoms with van der Waals surface area (Å²) in [6.07, 6.45) is 1.34. The van der Waals surface area contributed by atoms with E-state index in [4.69, 9.17) is 23.2 Å². The van der Waals surface area contributed by atoms with Crippen LogP contribution in [-0.4, -0.2) is 41.8 Å². The maximum atomic E-state index is 13.6. The highest BCUT2D eigenvalue weighted by atomic mass is 35.5. The van der Waals surface area contributed by atoms with Crippen molar-refractivity contribution < 1.29 is 23.1 Å². The molecule has 0 bridgehead atoms. The lowest BCUT2D eigenvalue weighted by atomic mass is 9.95. The quantitative estimate of drug-likeness (QED) is 0.572. The summed E-state index contributed by atoms with van der Waals surface area (Å²) < 4.78 is 27.6. The first kappa shape index (κ1) is 24.5. The second-order valence-corrected chi connectivity index (χ2v) is 10.2. The second-order valence-electron chi connectivity index (χ2n) is 7.62. The van der Waals surface area contributed by atoms with Crippen molar-refractivity contribution >= 4 is 45.1 Å². The Hall–Kier alpha value is -2.13. The van der Waals surface area contributed by atoms with Crippen LogP contribution in [0.15, 0.2) is 47.4 Å². The highest BCUT2D eigenvalue weighted by Crippen LogP contribution is 2.29. The summed E-state index contributed by atoms with van der Waals surface area (Å²) in [6.45, 7) is 2.23. The molecule has 2 atom stereocenters. The summed E-state index contributed by atoms with van der Waals surface area (Å²) in [7, 11) is -4.52. The number of hydrogen-bond acceptors (Lipinski definition) is 5. The smallest absolute Gasteiger partial charge is 0.327 e. The molecule has 2 N–H and O–H groups in total. The van der Waals surface area contributed by atoms with Crippen LogP contribution in [0.3, 0.4) is 0 Å². The van der Waals surface area contributed by atoms with Crippen LogP contribution in [0.2, 0.25) is 10.0 Å². The average molecular weight is 499 g/mol. The molecule has 0 saturated carbocycles. The molecule has 1 aliphatic heterocycles. The molecule has 2 aromatic rings. The van der Waals surface area contributed by atoms with Gasteiger partial charge in [-0.2, -0.15) is 0 Å². The molecule has 2 aromatic carbocycles. The van der Waals surface area contributed by atoms with Gasteiger partial charge in [0.05, 0.1) is 21.0 Å². The Morgan fingerprint density at radius 3 is 2.47 bits per heavy atom. The van der Waals surface area contributed by atoms with Crippen molar-refractivity contribution in [2.24, 2.45) is 0 Å². The lowest BCUT2D eigenvalue weighted by Crippen LogP contribution is -2.56. The third-order valence-electron chi connectivity index (χ3n) is 5.44. The molecule has 1 aliphatic rings. The normalized spacial score (nSPS) is 16.8. The van der Waals surface area contributed by atoms with E-state index in [2.05, 4.69) is 5.32 Å². The molecule has 0 unspecified atom stereocenters. The van der Waals surface area contributed by atoms with E-state index in [1.165, 1.54) is 12.1 Å². The first-order chi connectivity index (χ1) is 15.2. The van der Waals surface area contributed by atoms with Crippen LogP contribution in [0, 0.1) is 0 Å². The van der Waals surface area contributed by atoms with Crippen molar-refractivity contribution in [2.45, 2.75) is 56.1 Å². The van der Waals surface area contributed by atoms with Crippen molar-refractivity contribution in [3.8, 4) is 0 Å². The monoisotopic (exact) mass is 498 g/mol. The van der Waals surface area contributed by atoms with E-state index in [-0.39, 0.29) is 27.8 Å². The molecule has 172 valence electrons. The van der Waals surface area contributed by atoms with Crippen LogP contribution in [0.5, 0.6) is 0 Å². The fourth-order valence-corrected chi connectivity index (χ4v) is 5.70. The number of rotatable bonds is 8. The Balaban J connectivity index is 2.04. The number of amides is 1. The molecule has 7 nitrogen and oxygen atoms in total. The average Bonchev–Trinajstić information content (AvgIpc) is 2.77. The molecule has 10 heteroatoms. The highest BCUT2D eigenvalue weighted by molar-refractivity contribution is 7.89. The molecule has 0 saturated heterocycles. The lowest BCUT2D eigenvalue weighted by molar-refractivity contribution is -0.147. The summed E-state index contributed by atoms with van der Waals surface area (Å²) in [4.78, 5) is 25.4. The Bertz CT molecular complexity index is 1120. The van der Waals surface area contributed by atoms with E-state index in [1.54, 1.807) is 0 Å². The molecule has 32 heavy (non-hydrogen) atoms. The predicted molar refractivity (Wildman–Crippen MR) is 122 cm³/mol. The number of carbonyl (C=O) groups excluding carboxylic acids is 1. The summed E-state index contributed by atoms with van der Waals surface area (Å²) in [5.41, 5.74) is 1.92. The van der Waals surface area contributed by atoms with Crippen molar-refractivity contribution in [3.05, 3.63) is 63.6 Å². The molecule has 0 aromatic heterocycles. The number of unbranched alkanes of at least 4 members (excludes halogenated alkanes) is 1. The lowest BCUT2D eigenvalue weighted by Gasteiger charge is -2.33. The number of nitrogens with one attached hydrogen (secondary N) is 1. The Kier molecular flexibility index (Phi) is 7.82. The zero-order chi connectivity index (χ0) is 23.5. The number of aliphatic carboxylic acids is 1. The summed E-state index contributed by atoms with van der Waals surface area (Å²) in [5.74, 6) is -2.19. The summed E-state index contributed by atoms with van der Waals surface area (Å²) >= 11 is 11.9. The van der Waals surface area contributed by atoms with E-state index in [9.17, 15) is 23.1 Å². The third-order valence-corrected chi connectivity index (χ3v) is 7.98. The van der Waals surface area contributed by atoms with Gasteiger partial charge in [-0.25, -0.2) is 17.5 Å². The number of hydrogen-bond donors (Lipinski definition) is 2. The zero-order valence-electron chi connectivity index (χ0n) is 17.4. The van der Waals surface area contributed by atoms with Crippen LogP contribution in [-0.2, 0) is 32.6 Å². The number of benzene rings is 2. The number of carboxylic acids is 1. The number of carboxylic acid groups (broad SMARTS) is 1.